The fourth-order valence-corrected chi connectivity index (χ4v) is 2.92. The minimum atomic E-state index is 0.367. The Bertz CT molecular complexity index is 551. The number of anilines is 2. The van der Waals surface area contributed by atoms with E-state index < -0.39 is 0 Å². The van der Waals surface area contributed by atoms with Crippen LogP contribution in [-0.4, -0.2) is 11.5 Å². The summed E-state index contributed by atoms with van der Waals surface area (Å²) >= 11 is 6.00. The van der Waals surface area contributed by atoms with Gasteiger partial charge in [-0.25, -0.2) is 4.98 Å². The number of nitrogens with zero attached hydrogens (tertiary/aromatic N) is 2. The maximum absolute atomic E-state index is 6.00. The van der Waals surface area contributed by atoms with Crippen molar-refractivity contribution in [2.45, 2.75) is 18.9 Å². The first-order valence-electron chi connectivity index (χ1n) is 6.49. The summed E-state index contributed by atoms with van der Waals surface area (Å²) in [5.41, 5.74) is 7.84. The van der Waals surface area contributed by atoms with E-state index in [1.807, 2.05) is 12.1 Å². The van der Waals surface area contributed by atoms with Crippen LogP contribution in [0, 0.1) is 0 Å². The molecule has 2 N–H and O–H groups in total. The van der Waals surface area contributed by atoms with Gasteiger partial charge in [-0.3, -0.25) is 0 Å². The molecule has 0 bridgehead atoms. The molecule has 0 amide bonds. The van der Waals surface area contributed by atoms with E-state index in [0.29, 0.717) is 16.9 Å². The van der Waals surface area contributed by atoms with Gasteiger partial charge in [0, 0.05) is 18.3 Å². The molecule has 0 radical (unpaired) electrons. The van der Waals surface area contributed by atoms with Crippen LogP contribution in [-0.2, 0) is 0 Å². The molecule has 3 nitrogen and oxygen atoms in total. The minimum absolute atomic E-state index is 0.367. The first kappa shape index (κ1) is 12.3. The zero-order chi connectivity index (χ0) is 13.2. The molecule has 0 aliphatic carbocycles. The second-order valence-electron chi connectivity index (χ2n) is 4.84. The summed E-state index contributed by atoms with van der Waals surface area (Å²) < 4.78 is 0. The topological polar surface area (TPSA) is 42.1 Å². The summed E-state index contributed by atoms with van der Waals surface area (Å²) in [4.78, 5) is 6.69. The first-order valence-corrected chi connectivity index (χ1v) is 6.86. The van der Waals surface area contributed by atoms with Gasteiger partial charge in [0.2, 0.25) is 0 Å². The highest BCUT2D eigenvalue weighted by Gasteiger charge is 2.27. The van der Waals surface area contributed by atoms with Crippen LogP contribution in [0.4, 0.5) is 11.5 Å². The van der Waals surface area contributed by atoms with Crippen molar-refractivity contribution in [1.82, 2.24) is 4.98 Å². The Hall–Kier alpha value is -1.74. The molecule has 1 unspecified atom stereocenters. The Morgan fingerprint density at radius 1 is 1.21 bits per heavy atom. The van der Waals surface area contributed by atoms with Crippen molar-refractivity contribution in [3.63, 3.8) is 0 Å². The summed E-state index contributed by atoms with van der Waals surface area (Å²) in [6, 6.07) is 14.5. The number of nitrogens with two attached hydrogens (primary N) is 1. The zero-order valence-electron chi connectivity index (χ0n) is 10.6. The molecular formula is C15H16ClN3. The summed E-state index contributed by atoms with van der Waals surface area (Å²) in [7, 11) is 0. The fourth-order valence-electron chi connectivity index (χ4n) is 2.71. The van der Waals surface area contributed by atoms with Gasteiger partial charge < -0.3 is 10.6 Å². The number of rotatable bonds is 2. The number of hydrogen-bond acceptors (Lipinski definition) is 3. The van der Waals surface area contributed by atoms with Crippen LogP contribution in [0.1, 0.15) is 24.4 Å². The first-order chi connectivity index (χ1) is 9.24. The molecular weight excluding hydrogens is 258 g/mol. The van der Waals surface area contributed by atoms with Crippen LogP contribution in [0.5, 0.6) is 0 Å². The Morgan fingerprint density at radius 3 is 2.74 bits per heavy atom. The number of pyridine rings is 1. The van der Waals surface area contributed by atoms with Crippen molar-refractivity contribution < 1.29 is 0 Å². The van der Waals surface area contributed by atoms with Gasteiger partial charge in [0.25, 0.3) is 0 Å². The quantitative estimate of drug-likeness (QED) is 0.849. The van der Waals surface area contributed by atoms with Crippen LogP contribution in [0.25, 0.3) is 0 Å². The van der Waals surface area contributed by atoms with E-state index in [1.165, 1.54) is 5.56 Å². The Kier molecular flexibility index (Phi) is 3.30. The Labute approximate surface area is 118 Å². The molecule has 2 heterocycles. The number of benzene rings is 1. The lowest BCUT2D eigenvalue weighted by atomic mass is 10.0. The van der Waals surface area contributed by atoms with Crippen LogP contribution in [0.3, 0.4) is 0 Å². The third-order valence-corrected chi connectivity index (χ3v) is 3.73. The lowest BCUT2D eigenvalue weighted by Crippen LogP contribution is -2.23. The average Bonchev–Trinajstić information content (AvgIpc) is 2.88. The second kappa shape index (κ2) is 5.10. The monoisotopic (exact) mass is 273 g/mol. The molecule has 0 spiro atoms. The molecule has 1 fully saturated rings. The highest BCUT2D eigenvalue weighted by atomic mass is 35.5. The molecule has 19 heavy (non-hydrogen) atoms. The summed E-state index contributed by atoms with van der Waals surface area (Å²) in [5, 5.41) is 0.453. The van der Waals surface area contributed by atoms with Crippen molar-refractivity contribution in [2.24, 2.45) is 0 Å². The van der Waals surface area contributed by atoms with Crippen LogP contribution >= 0.6 is 11.6 Å². The molecule has 4 heteroatoms. The third kappa shape index (κ3) is 2.51. The van der Waals surface area contributed by atoms with Gasteiger partial charge in [-0.05, 0) is 24.5 Å². The van der Waals surface area contributed by atoms with E-state index in [2.05, 4.69) is 34.1 Å². The van der Waals surface area contributed by atoms with Crippen molar-refractivity contribution in [3.05, 3.63) is 53.2 Å². The standard InChI is InChI=1S/C15H16ClN3/c16-14-9-12(17)10-15(18-14)19-8-4-7-13(19)11-5-2-1-3-6-11/h1-3,5-6,9-10,13H,4,7-8H2,(H2,17,18). The molecule has 1 aliphatic heterocycles. The van der Waals surface area contributed by atoms with E-state index in [4.69, 9.17) is 17.3 Å². The smallest absolute Gasteiger partial charge is 0.133 e. The highest BCUT2D eigenvalue weighted by Crippen LogP contribution is 2.36. The summed E-state index contributed by atoms with van der Waals surface area (Å²) in [6.45, 7) is 0.992. The molecule has 1 aromatic heterocycles. The number of hydrogen-bond donors (Lipinski definition) is 1. The zero-order valence-corrected chi connectivity index (χ0v) is 11.3. The maximum atomic E-state index is 6.00. The van der Waals surface area contributed by atoms with Crippen molar-refractivity contribution >= 4 is 23.1 Å². The lowest BCUT2D eigenvalue weighted by Gasteiger charge is -2.26. The predicted molar refractivity (Wildman–Crippen MR) is 79.4 cm³/mol. The molecule has 3 rings (SSSR count). The van der Waals surface area contributed by atoms with Gasteiger partial charge in [0.1, 0.15) is 11.0 Å². The van der Waals surface area contributed by atoms with Gasteiger partial charge in [0.05, 0.1) is 6.04 Å². The van der Waals surface area contributed by atoms with E-state index in [0.717, 1.165) is 25.2 Å². The molecule has 1 atom stereocenters. The molecule has 1 saturated heterocycles. The highest BCUT2D eigenvalue weighted by molar-refractivity contribution is 6.29. The van der Waals surface area contributed by atoms with Crippen LogP contribution < -0.4 is 10.6 Å². The van der Waals surface area contributed by atoms with Gasteiger partial charge in [-0.15, -0.1) is 0 Å². The lowest BCUT2D eigenvalue weighted by molar-refractivity contribution is 0.712. The van der Waals surface area contributed by atoms with E-state index in [9.17, 15) is 0 Å². The van der Waals surface area contributed by atoms with Crippen molar-refractivity contribution in [1.29, 1.82) is 0 Å². The SMILES string of the molecule is Nc1cc(Cl)nc(N2CCCC2c2ccccc2)c1. The molecule has 0 saturated carbocycles. The number of aromatic nitrogens is 1. The normalized spacial score (nSPS) is 18.8. The summed E-state index contributed by atoms with van der Waals surface area (Å²) in [5.74, 6) is 0.872. The number of nitrogen functional groups attached to an aromatic ring is 1. The fraction of sp³-hybridized carbons (Fsp3) is 0.267. The molecule has 1 aliphatic rings. The van der Waals surface area contributed by atoms with Gasteiger partial charge in [-0.1, -0.05) is 41.9 Å². The Morgan fingerprint density at radius 2 is 2.00 bits per heavy atom. The van der Waals surface area contributed by atoms with Gasteiger partial charge in [-0.2, -0.15) is 0 Å². The second-order valence-corrected chi connectivity index (χ2v) is 5.23. The van der Waals surface area contributed by atoms with Gasteiger partial charge in [0.15, 0.2) is 0 Å². The van der Waals surface area contributed by atoms with Crippen LogP contribution in [0.2, 0.25) is 5.15 Å². The van der Waals surface area contributed by atoms with Crippen molar-refractivity contribution in [2.75, 3.05) is 17.2 Å². The van der Waals surface area contributed by atoms with E-state index in [1.54, 1.807) is 6.07 Å². The molecule has 2 aromatic rings. The number of halogens is 1. The third-order valence-electron chi connectivity index (χ3n) is 3.53. The average molecular weight is 274 g/mol. The van der Waals surface area contributed by atoms with Gasteiger partial charge >= 0.3 is 0 Å². The minimum Gasteiger partial charge on any atom is -0.399 e. The van der Waals surface area contributed by atoms with E-state index in [-0.39, 0.29) is 0 Å². The van der Waals surface area contributed by atoms with E-state index >= 15 is 0 Å². The van der Waals surface area contributed by atoms with Crippen LogP contribution in [0.15, 0.2) is 42.5 Å². The molecule has 98 valence electrons. The largest absolute Gasteiger partial charge is 0.399 e. The summed E-state index contributed by atoms with van der Waals surface area (Å²) in [6.07, 6.45) is 2.30. The predicted octanol–water partition coefficient (Wildman–Crippen LogP) is 3.66. The Balaban J connectivity index is 1.95. The van der Waals surface area contributed by atoms with Crippen molar-refractivity contribution in [3.8, 4) is 0 Å². The molecule has 1 aromatic carbocycles. The maximum Gasteiger partial charge on any atom is 0.133 e.